The lowest BCUT2D eigenvalue weighted by Gasteiger charge is -2.22. The molecule has 0 aliphatic carbocycles. The van der Waals surface area contributed by atoms with Gasteiger partial charge < -0.3 is 5.32 Å². The van der Waals surface area contributed by atoms with Gasteiger partial charge in [-0.1, -0.05) is 0 Å². The van der Waals surface area contributed by atoms with Gasteiger partial charge >= 0.3 is 12.4 Å². The highest BCUT2D eigenvalue weighted by Crippen LogP contribution is 2.40. The third-order valence-corrected chi connectivity index (χ3v) is 2.58. The van der Waals surface area contributed by atoms with Gasteiger partial charge in [0, 0.05) is 12.4 Å². The van der Waals surface area contributed by atoms with Gasteiger partial charge in [0.1, 0.15) is 0 Å². The number of anilines is 1. The van der Waals surface area contributed by atoms with E-state index in [4.69, 9.17) is 0 Å². The number of hydrogen-bond donors (Lipinski definition) is 1. The highest BCUT2D eigenvalue weighted by molar-refractivity contribution is 9.10. The van der Waals surface area contributed by atoms with Crippen LogP contribution >= 0.6 is 15.9 Å². The van der Waals surface area contributed by atoms with Gasteiger partial charge in [0.2, 0.25) is 11.8 Å². The summed E-state index contributed by atoms with van der Waals surface area (Å²) in [6.45, 7) is 0. The van der Waals surface area contributed by atoms with E-state index in [1.54, 1.807) is 5.32 Å². The molecule has 1 amide bonds. The predicted molar refractivity (Wildman–Crippen MR) is 56.2 cm³/mol. The Morgan fingerprint density at radius 3 is 2.16 bits per heavy atom. The van der Waals surface area contributed by atoms with Gasteiger partial charge in [-0.05, 0) is 22.0 Å². The van der Waals surface area contributed by atoms with Crippen molar-refractivity contribution < 1.29 is 31.1 Å². The van der Waals surface area contributed by atoms with E-state index in [2.05, 4.69) is 20.9 Å². The van der Waals surface area contributed by atoms with Crippen LogP contribution in [0.15, 0.2) is 22.9 Å². The van der Waals surface area contributed by atoms with Crippen LogP contribution in [0.4, 0.5) is 32.0 Å². The Morgan fingerprint density at radius 1 is 1.21 bits per heavy atom. The van der Waals surface area contributed by atoms with Crippen molar-refractivity contribution in [3.63, 3.8) is 0 Å². The first-order valence-electron chi connectivity index (χ1n) is 4.57. The number of nitrogens with zero attached hydrogens (tertiary/aromatic N) is 1. The van der Waals surface area contributed by atoms with Crippen LogP contribution < -0.4 is 5.32 Å². The molecule has 0 unspecified atom stereocenters. The molecule has 0 spiro atoms. The lowest BCUT2D eigenvalue weighted by atomic mass is 10.1. The SMILES string of the molecule is O=C(Nc1ccncc1Br)C(C(F)(F)F)C(F)(F)F. The second-order valence-corrected chi connectivity index (χ2v) is 4.22. The Balaban J connectivity index is 3.01. The molecule has 0 saturated carbocycles. The molecule has 1 aromatic rings. The predicted octanol–water partition coefficient (Wildman–Crippen LogP) is 3.52. The maximum absolute atomic E-state index is 12.3. The minimum absolute atomic E-state index is 0.0615. The van der Waals surface area contributed by atoms with Gasteiger partial charge in [0.25, 0.3) is 0 Å². The molecule has 19 heavy (non-hydrogen) atoms. The Bertz CT molecular complexity index is 459. The summed E-state index contributed by atoms with van der Waals surface area (Å²) >= 11 is 2.84. The molecule has 0 saturated heterocycles. The lowest BCUT2D eigenvalue weighted by molar-refractivity contribution is -0.272. The van der Waals surface area contributed by atoms with Crippen molar-refractivity contribution in [2.24, 2.45) is 5.92 Å². The zero-order valence-corrected chi connectivity index (χ0v) is 10.4. The smallest absolute Gasteiger partial charge is 0.324 e. The average Bonchev–Trinajstić information content (AvgIpc) is 2.16. The summed E-state index contributed by atoms with van der Waals surface area (Å²) in [5.41, 5.74) is -0.238. The summed E-state index contributed by atoms with van der Waals surface area (Å²) in [5, 5.41) is 1.56. The van der Waals surface area contributed by atoms with Gasteiger partial charge in [-0.2, -0.15) is 26.3 Å². The van der Waals surface area contributed by atoms with Gasteiger partial charge in [-0.15, -0.1) is 0 Å². The van der Waals surface area contributed by atoms with Crippen molar-refractivity contribution in [1.82, 2.24) is 4.98 Å². The number of hydrogen-bond acceptors (Lipinski definition) is 2. The molecule has 0 fully saturated rings. The summed E-state index contributed by atoms with van der Waals surface area (Å²) in [4.78, 5) is 14.7. The molecule has 0 radical (unpaired) electrons. The van der Waals surface area contributed by atoms with Crippen molar-refractivity contribution >= 4 is 27.5 Å². The second kappa shape index (κ2) is 5.35. The van der Waals surface area contributed by atoms with Crippen LogP contribution in [0.1, 0.15) is 0 Å². The monoisotopic (exact) mass is 350 g/mol. The first-order valence-corrected chi connectivity index (χ1v) is 5.36. The van der Waals surface area contributed by atoms with Crippen molar-refractivity contribution in [3.8, 4) is 0 Å². The molecule has 10 heteroatoms. The summed E-state index contributed by atoms with van der Waals surface area (Å²) in [5.74, 6) is -6.29. The molecule has 1 aromatic heterocycles. The molecule has 0 aromatic carbocycles. The molecular formula is C9H5BrF6N2O. The topological polar surface area (TPSA) is 42.0 Å². The number of amides is 1. The minimum atomic E-state index is -5.72. The zero-order valence-electron chi connectivity index (χ0n) is 8.81. The summed E-state index contributed by atoms with van der Waals surface area (Å²) in [6, 6.07) is 1.06. The fraction of sp³-hybridized carbons (Fsp3) is 0.333. The Labute approximate surface area is 111 Å². The van der Waals surface area contributed by atoms with Gasteiger partial charge in [-0.25, -0.2) is 0 Å². The number of carbonyl (C=O) groups excluding carboxylic acids is 1. The van der Waals surface area contributed by atoms with E-state index >= 15 is 0 Å². The number of alkyl halides is 6. The maximum Gasteiger partial charge on any atom is 0.409 e. The molecule has 1 rings (SSSR count). The van der Waals surface area contributed by atoms with E-state index in [0.717, 1.165) is 18.5 Å². The number of carbonyl (C=O) groups is 1. The second-order valence-electron chi connectivity index (χ2n) is 3.36. The molecule has 3 nitrogen and oxygen atoms in total. The lowest BCUT2D eigenvalue weighted by Crippen LogP contribution is -2.45. The Hall–Kier alpha value is -1.32. The Kier molecular flexibility index (Phi) is 4.43. The van der Waals surface area contributed by atoms with Crippen molar-refractivity contribution in [2.75, 3.05) is 5.32 Å². The van der Waals surface area contributed by atoms with E-state index in [9.17, 15) is 31.1 Å². The van der Waals surface area contributed by atoms with Crippen LogP contribution in [-0.4, -0.2) is 23.2 Å². The largest absolute Gasteiger partial charge is 0.409 e. The normalized spacial score (nSPS) is 12.6. The third kappa shape index (κ3) is 4.08. The van der Waals surface area contributed by atoms with Crippen LogP contribution in [0.3, 0.4) is 0 Å². The number of pyridine rings is 1. The van der Waals surface area contributed by atoms with Gasteiger partial charge in [0.15, 0.2) is 0 Å². The highest BCUT2D eigenvalue weighted by atomic mass is 79.9. The van der Waals surface area contributed by atoms with Gasteiger partial charge in [0.05, 0.1) is 10.2 Å². The molecule has 0 aliphatic rings. The van der Waals surface area contributed by atoms with Crippen molar-refractivity contribution in [1.29, 1.82) is 0 Å². The minimum Gasteiger partial charge on any atom is -0.324 e. The van der Waals surface area contributed by atoms with Gasteiger partial charge in [-0.3, -0.25) is 9.78 Å². The maximum atomic E-state index is 12.3. The number of nitrogens with one attached hydrogen (secondary N) is 1. The summed E-state index contributed by atoms with van der Waals surface area (Å²) in [6.07, 6.45) is -9.22. The van der Waals surface area contributed by atoms with E-state index in [-0.39, 0.29) is 10.2 Å². The number of rotatable bonds is 2. The molecule has 0 aliphatic heterocycles. The first kappa shape index (κ1) is 15.7. The van der Waals surface area contributed by atoms with Crippen LogP contribution in [0, 0.1) is 5.92 Å². The van der Waals surface area contributed by atoms with E-state index in [0.29, 0.717) is 0 Å². The fourth-order valence-electron chi connectivity index (χ4n) is 1.16. The molecule has 0 bridgehead atoms. The summed E-state index contributed by atoms with van der Waals surface area (Å²) < 4.78 is 73.7. The zero-order chi connectivity index (χ0) is 14.8. The van der Waals surface area contributed by atoms with Crippen LogP contribution in [0.2, 0.25) is 0 Å². The molecule has 1 heterocycles. The van der Waals surface area contributed by atoms with E-state index < -0.39 is 24.2 Å². The Morgan fingerprint density at radius 2 is 1.74 bits per heavy atom. The molecular weight excluding hydrogens is 346 g/mol. The summed E-state index contributed by atoms with van der Waals surface area (Å²) in [7, 11) is 0. The van der Waals surface area contributed by atoms with Crippen LogP contribution in [-0.2, 0) is 4.79 Å². The molecule has 1 N–H and O–H groups in total. The number of aromatic nitrogens is 1. The number of halogens is 7. The van der Waals surface area contributed by atoms with Crippen LogP contribution in [0.5, 0.6) is 0 Å². The van der Waals surface area contributed by atoms with Crippen molar-refractivity contribution in [2.45, 2.75) is 12.4 Å². The van der Waals surface area contributed by atoms with E-state index in [1.165, 1.54) is 0 Å². The molecule has 0 atom stereocenters. The van der Waals surface area contributed by atoms with Crippen molar-refractivity contribution in [3.05, 3.63) is 22.9 Å². The third-order valence-electron chi connectivity index (χ3n) is 1.95. The quantitative estimate of drug-likeness (QED) is 0.829. The molecule has 106 valence electrons. The van der Waals surface area contributed by atoms with Crippen LogP contribution in [0.25, 0.3) is 0 Å². The fourth-order valence-corrected chi connectivity index (χ4v) is 1.51. The standard InChI is InChI=1S/C9H5BrF6N2O/c10-4-3-17-2-1-5(4)18-7(19)6(8(11,12)13)9(14,15)16/h1-3,6H,(H,17,18,19). The first-order chi connectivity index (χ1) is 8.53. The van der Waals surface area contributed by atoms with E-state index in [1.807, 2.05) is 0 Å². The average molecular weight is 351 g/mol. The highest BCUT2D eigenvalue weighted by Gasteiger charge is 2.61.